The molecule has 0 amide bonds. The van der Waals surface area contributed by atoms with E-state index in [0.29, 0.717) is 0 Å². The van der Waals surface area contributed by atoms with E-state index >= 15 is 0 Å². The zero-order valence-electron chi connectivity index (χ0n) is 7.72. The third kappa shape index (κ3) is 1.77. The molecule has 0 aliphatic carbocycles. The Labute approximate surface area is 96.2 Å². The first-order chi connectivity index (χ1) is 6.70. The van der Waals surface area contributed by atoms with Gasteiger partial charge in [-0.25, -0.2) is 0 Å². The monoisotopic (exact) mass is 269 g/mol. The average Bonchev–Trinajstić information content (AvgIpc) is 2.19. The Hall–Kier alpha value is -0.600. The highest BCUT2D eigenvalue weighted by molar-refractivity contribution is 9.08. The van der Waals surface area contributed by atoms with E-state index < -0.39 is 0 Å². The highest BCUT2D eigenvalue weighted by Crippen LogP contribution is 2.22. The molecule has 0 saturated heterocycles. The zero-order valence-corrected chi connectivity index (χ0v) is 10.1. The van der Waals surface area contributed by atoms with Crippen LogP contribution in [-0.4, -0.2) is 4.98 Å². The summed E-state index contributed by atoms with van der Waals surface area (Å²) in [6, 6.07) is 8.06. The van der Waals surface area contributed by atoms with Crippen LogP contribution in [0.2, 0.25) is 5.02 Å². The van der Waals surface area contributed by atoms with Crippen LogP contribution in [-0.2, 0) is 5.33 Å². The summed E-state index contributed by atoms with van der Waals surface area (Å²) in [5.74, 6) is 0. The molecule has 1 aromatic carbocycles. The number of aryl methyl sites for hydroxylation is 1. The number of benzene rings is 1. The number of rotatable bonds is 1. The second kappa shape index (κ2) is 3.87. The smallest absolute Gasteiger partial charge is 0.0720 e. The van der Waals surface area contributed by atoms with Crippen molar-refractivity contribution in [3.8, 4) is 0 Å². The van der Waals surface area contributed by atoms with Gasteiger partial charge >= 0.3 is 0 Å². The lowest BCUT2D eigenvalue weighted by Gasteiger charge is -2.03. The fraction of sp³-hybridized carbons (Fsp3) is 0.182. The van der Waals surface area contributed by atoms with Crippen LogP contribution in [0.1, 0.15) is 11.3 Å². The van der Waals surface area contributed by atoms with Crippen LogP contribution in [0.3, 0.4) is 0 Å². The molecule has 14 heavy (non-hydrogen) atoms. The summed E-state index contributed by atoms with van der Waals surface area (Å²) in [6.45, 7) is 2.00. The molecule has 1 aromatic heterocycles. The Bertz CT molecular complexity index is 482. The molecule has 0 aliphatic heterocycles. The quantitative estimate of drug-likeness (QED) is 0.711. The molecule has 0 bridgehead atoms. The molecule has 0 saturated carbocycles. The zero-order chi connectivity index (χ0) is 10.1. The molecule has 72 valence electrons. The predicted octanol–water partition coefficient (Wildman–Crippen LogP) is 4.09. The minimum atomic E-state index is 0.772. The van der Waals surface area contributed by atoms with Crippen LogP contribution in [0.25, 0.3) is 10.9 Å². The van der Waals surface area contributed by atoms with Gasteiger partial charge in [-0.05, 0) is 30.7 Å². The molecule has 1 nitrogen and oxygen atoms in total. The molecule has 1 heterocycles. The lowest BCUT2D eigenvalue weighted by molar-refractivity contribution is 1.23. The first-order valence-electron chi connectivity index (χ1n) is 4.32. The van der Waals surface area contributed by atoms with Gasteiger partial charge in [0, 0.05) is 15.7 Å². The first kappa shape index (κ1) is 9.94. The predicted molar refractivity (Wildman–Crippen MR) is 64.1 cm³/mol. The Morgan fingerprint density at radius 3 is 2.86 bits per heavy atom. The van der Waals surface area contributed by atoms with E-state index in [0.717, 1.165) is 32.5 Å². The summed E-state index contributed by atoms with van der Waals surface area (Å²) in [4.78, 5) is 4.46. The van der Waals surface area contributed by atoms with E-state index in [1.807, 2.05) is 19.1 Å². The van der Waals surface area contributed by atoms with Gasteiger partial charge < -0.3 is 0 Å². The summed E-state index contributed by atoms with van der Waals surface area (Å²) in [6.07, 6.45) is 0. The molecule has 0 N–H and O–H groups in total. The summed E-state index contributed by atoms with van der Waals surface area (Å²) in [5.41, 5.74) is 3.07. The molecule has 0 fully saturated rings. The summed E-state index contributed by atoms with van der Waals surface area (Å²) in [7, 11) is 0. The van der Waals surface area contributed by atoms with Crippen LogP contribution in [0.15, 0.2) is 24.3 Å². The maximum absolute atomic E-state index is 6.03. The van der Waals surface area contributed by atoms with Gasteiger partial charge in [0.1, 0.15) is 0 Å². The molecule has 0 aliphatic rings. The number of alkyl halides is 1. The van der Waals surface area contributed by atoms with E-state index in [-0.39, 0.29) is 0 Å². The van der Waals surface area contributed by atoms with Crippen molar-refractivity contribution in [1.82, 2.24) is 4.98 Å². The maximum atomic E-state index is 6.03. The third-order valence-electron chi connectivity index (χ3n) is 2.16. The topological polar surface area (TPSA) is 12.9 Å². The molecular formula is C11H9BrClN. The number of hydrogen-bond donors (Lipinski definition) is 0. The molecule has 0 unspecified atom stereocenters. The second-order valence-electron chi connectivity index (χ2n) is 3.23. The fourth-order valence-corrected chi connectivity index (χ4v) is 1.85. The number of halogens is 2. The number of fused-ring (bicyclic) bond motifs is 1. The standard InChI is InChI=1S/C11H9BrClN/c1-7-4-8-2-3-9(6-12)14-11(8)5-10(7)13/h2-5H,6H2,1H3. The van der Waals surface area contributed by atoms with E-state index in [1.165, 1.54) is 0 Å². The number of aromatic nitrogens is 1. The van der Waals surface area contributed by atoms with Crippen molar-refractivity contribution >= 4 is 38.4 Å². The Balaban J connectivity index is 2.70. The van der Waals surface area contributed by atoms with Gasteiger partial charge in [-0.3, -0.25) is 4.98 Å². The van der Waals surface area contributed by atoms with E-state index in [9.17, 15) is 0 Å². The van der Waals surface area contributed by atoms with E-state index in [1.54, 1.807) is 0 Å². The molecule has 3 heteroatoms. The molecule has 2 rings (SSSR count). The largest absolute Gasteiger partial charge is 0.252 e. The number of nitrogens with zero attached hydrogens (tertiary/aromatic N) is 1. The molecule has 0 radical (unpaired) electrons. The van der Waals surface area contributed by atoms with Crippen molar-refractivity contribution < 1.29 is 0 Å². The van der Waals surface area contributed by atoms with Crippen molar-refractivity contribution in [2.24, 2.45) is 0 Å². The van der Waals surface area contributed by atoms with Gasteiger partial charge in [-0.1, -0.05) is 33.6 Å². The first-order valence-corrected chi connectivity index (χ1v) is 5.82. The summed E-state index contributed by atoms with van der Waals surface area (Å²) < 4.78 is 0. The minimum Gasteiger partial charge on any atom is -0.252 e. The van der Waals surface area contributed by atoms with Crippen molar-refractivity contribution in [2.75, 3.05) is 0 Å². The Morgan fingerprint density at radius 2 is 2.14 bits per heavy atom. The summed E-state index contributed by atoms with van der Waals surface area (Å²) >= 11 is 9.41. The van der Waals surface area contributed by atoms with Gasteiger partial charge in [0.2, 0.25) is 0 Å². The highest BCUT2D eigenvalue weighted by Gasteiger charge is 2.01. The average molecular weight is 271 g/mol. The Morgan fingerprint density at radius 1 is 1.36 bits per heavy atom. The Kier molecular flexibility index (Phi) is 2.75. The molecule has 0 spiro atoms. The maximum Gasteiger partial charge on any atom is 0.0720 e. The van der Waals surface area contributed by atoms with Crippen LogP contribution in [0.5, 0.6) is 0 Å². The van der Waals surface area contributed by atoms with Gasteiger partial charge in [0.15, 0.2) is 0 Å². The van der Waals surface area contributed by atoms with Crippen molar-refractivity contribution in [2.45, 2.75) is 12.3 Å². The minimum absolute atomic E-state index is 0.772. The van der Waals surface area contributed by atoms with Gasteiger partial charge in [0.05, 0.1) is 11.2 Å². The SMILES string of the molecule is Cc1cc2ccc(CBr)nc2cc1Cl. The second-order valence-corrected chi connectivity index (χ2v) is 4.20. The normalized spacial score (nSPS) is 10.8. The van der Waals surface area contributed by atoms with Crippen molar-refractivity contribution in [3.05, 3.63) is 40.5 Å². The van der Waals surface area contributed by atoms with Crippen molar-refractivity contribution in [1.29, 1.82) is 0 Å². The van der Waals surface area contributed by atoms with Gasteiger partial charge in [-0.15, -0.1) is 0 Å². The fourth-order valence-electron chi connectivity index (χ4n) is 1.38. The summed E-state index contributed by atoms with van der Waals surface area (Å²) in [5, 5.41) is 2.68. The molecular weight excluding hydrogens is 261 g/mol. The number of pyridine rings is 1. The number of hydrogen-bond acceptors (Lipinski definition) is 1. The molecule has 0 atom stereocenters. The van der Waals surface area contributed by atoms with E-state index in [4.69, 9.17) is 11.6 Å². The van der Waals surface area contributed by atoms with Gasteiger partial charge in [-0.2, -0.15) is 0 Å². The van der Waals surface area contributed by atoms with Crippen molar-refractivity contribution in [3.63, 3.8) is 0 Å². The lowest BCUT2D eigenvalue weighted by atomic mass is 10.1. The molecule has 2 aromatic rings. The highest BCUT2D eigenvalue weighted by atomic mass is 79.9. The van der Waals surface area contributed by atoms with Crippen LogP contribution in [0.4, 0.5) is 0 Å². The van der Waals surface area contributed by atoms with Crippen LogP contribution >= 0.6 is 27.5 Å². The van der Waals surface area contributed by atoms with Gasteiger partial charge in [0.25, 0.3) is 0 Å². The van der Waals surface area contributed by atoms with Crippen LogP contribution < -0.4 is 0 Å². The lowest BCUT2D eigenvalue weighted by Crippen LogP contribution is -1.87. The van der Waals surface area contributed by atoms with E-state index in [2.05, 4.69) is 33.0 Å². The third-order valence-corrected chi connectivity index (χ3v) is 3.15. The van der Waals surface area contributed by atoms with Crippen LogP contribution in [0, 0.1) is 6.92 Å².